The van der Waals surface area contributed by atoms with Gasteiger partial charge in [-0.25, -0.2) is 13.1 Å². The normalized spacial score (nSPS) is 19.8. The number of nitriles is 1. The maximum absolute atomic E-state index is 12.1. The summed E-state index contributed by atoms with van der Waals surface area (Å²) in [5, 5.41) is 8.78. The number of hydrogen-bond donors (Lipinski definition) is 1. The molecule has 1 saturated heterocycles. The summed E-state index contributed by atoms with van der Waals surface area (Å²) >= 11 is 0. The SMILES string of the molecule is N#Cc1cccc(S(=O)(=O)NCC2CCCCO2)c1. The highest BCUT2D eigenvalue weighted by atomic mass is 32.2. The van der Waals surface area contributed by atoms with Gasteiger partial charge in [0.2, 0.25) is 10.0 Å². The Morgan fingerprint density at radius 2 is 2.26 bits per heavy atom. The molecule has 1 atom stereocenters. The number of benzene rings is 1. The second-order valence-corrected chi connectivity index (χ2v) is 6.25. The van der Waals surface area contributed by atoms with E-state index in [1.807, 2.05) is 6.07 Å². The van der Waals surface area contributed by atoms with Crippen LogP contribution in [-0.2, 0) is 14.8 Å². The monoisotopic (exact) mass is 280 g/mol. The van der Waals surface area contributed by atoms with Gasteiger partial charge in [-0.3, -0.25) is 0 Å². The molecule has 0 aliphatic carbocycles. The topological polar surface area (TPSA) is 79.2 Å². The minimum atomic E-state index is -3.57. The summed E-state index contributed by atoms with van der Waals surface area (Å²) in [7, 11) is -3.57. The minimum absolute atomic E-state index is 0.0531. The summed E-state index contributed by atoms with van der Waals surface area (Å²) in [6.07, 6.45) is 2.92. The predicted octanol–water partition coefficient (Wildman–Crippen LogP) is 1.41. The van der Waals surface area contributed by atoms with Crippen LogP contribution in [0.15, 0.2) is 29.2 Å². The molecule has 0 bridgehead atoms. The molecule has 0 aromatic heterocycles. The van der Waals surface area contributed by atoms with Gasteiger partial charge < -0.3 is 4.74 Å². The standard InChI is InChI=1S/C13H16N2O3S/c14-9-11-4-3-6-13(8-11)19(16,17)15-10-12-5-1-2-7-18-12/h3-4,6,8,12,15H,1-2,5,7,10H2. The lowest BCUT2D eigenvalue weighted by molar-refractivity contribution is 0.0200. The average molecular weight is 280 g/mol. The molecule has 0 radical (unpaired) electrons. The molecular weight excluding hydrogens is 264 g/mol. The Labute approximate surface area is 113 Å². The highest BCUT2D eigenvalue weighted by Gasteiger charge is 2.19. The Balaban J connectivity index is 2.03. The van der Waals surface area contributed by atoms with E-state index < -0.39 is 10.0 Å². The van der Waals surface area contributed by atoms with Gasteiger partial charge in [0.1, 0.15) is 0 Å². The van der Waals surface area contributed by atoms with E-state index in [1.54, 1.807) is 12.1 Å². The maximum Gasteiger partial charge on any atom is 0.240 e. The number of sulfonamides is 1. The van der Waals surface area contributed by atoms with Crippen molar-refractivity contribution in [3.8, 4) is 6.07 Å². The number of ether oxygens (including phenoxy) is 1. The van der Waals surface area contributed by atoms with Crippen LogP contribution in [-0.4, -0.2) is 27.7 Å². The molecule has 0 saturated carbocycles. The van der Waals surface area contributed by atoms with E-state index in [0.717, 1.165) is 19.3 Å². The summed E-state index contributed by atoms with van der Waals surface area (Å²) in [4.78, 5) is 0.113. The molecule has 0 spiro atoms. The van der Waals surface area contributed by atoms with Crippen LogP contribution in [0.2, 0.25) is 0 Å². The van der Waals surface area contributed by atoms with Crippen LogP contribution in [0.3, 0.4) is 0 Å². The number of nitrogens with one attached hydrogen (secondary N) is 1. The lowest BCUT2D eigenvalue weighted by Gasteiger charge is -2.22. The molecule has 1 N–H and O–H groups in total. The molecule has 102 valence electrons. The zero-order valence-electron chi connectivity index (χ0n) is 10.5. The Morgan fingerprint density at radius 1 is 1.42 bits per heavy atom. The molecule has 1 aromatic rings. The lowest BCUT2D eigenvalue weighted by Crippen LogP contribution is -2.35. The van der Waals surface area contributed by atoms with Crippen molar-refractivity contribution in [2.24, 2.45) is 0 Å². The van der Waals surface area contributed by atoms with Crippen molar-refractivity contribution < 1.29 is 13.2 Å². The molecule has 2 rings (SSSR count). The third-order valence-electron chi connectivity index (χ3n) is 3.05. The molecule has 5 nitrogen and oxygen atoms in total. The molecule has 1 aliphatic heterocycles. The predicted molar refractivity (Wildman–Crippen MR) is 69.9 cm³/mol. The van der Waals surface area contributed by atoms with Gasteiger partial charge in [0, 0.05) is 13.2 Å². The van der Waals surface area contributed by atoms with Crippen molar-refractivity contribution in [3.05, 3.63) is 29.8 Å². The minimum Gasteiger partial charge on any atom is -0.377 e. The van der Waals surface area contributed by atoms with E-state index in [2.05, 4.69) is 4.72 Å². The Kier molecular flexibility index (Phi) is 4.53. The quantitative estimate of drug-likeness (QED) is 0.904. The first-order valence-corrected chi connectivity index (χ1v) is 7.71. The van der Waals surface area contributed by atoms with Crippen molar-refractivity contribution in [3.63, 3.8) is 0 Å². The van der Waals surface area contributed by atoms with Crippen LogP contribution in [0, 0.1) is 11.3 Å². The first-order valence-electron chi connectivity index (χ1n) is 6.23. The molecule has 6 heteroatoms. The van der Waals surface area contributed by atoms with Gasteiger partial charge in [0.15, 0.2) is 0 Å². The van der Waals surface area contributed by atoms with Crippen LogP contribution in [0.4, 0.5) is 0 Å². The van der Waals surface area contributed by atoms with Gasteiger partial charge >= 0.3 is 0 Å². The van der Waals surface area contributed by atoms with E-state index >= 15 is 0 Å². The summed E-state index contributed by atoms with van der Waals surface area (Å²) in [5.41, 5.74) is 0.330. The van der Waals surface area contributed by atoms with E-state index in [0.29, 0.717) is 12.2 Å². The molecular formula is C13H16N2O3S. The van der Waals surface area contributed by atoms with Crippen LogP contribution in [0.5, 0.6) is 0 Å². The highest BCUT2D eigenvalue weighted by molar-refractivity contribution is 7.89. The first-order chi connectivity index (χ1) is 9.12. The molecule has 1 heterocycles. The largest absolute Gasteiger partial charge is 0.377 e. The van der Waals surface area contributed by atoms with Crippen molar-refractivity contribution in [2.45, 2.75) is 30.3 Å². The fraction of sp³-hybridized carbons (Fsp3) is 0.462. The van der Waals surface area contributed by atoms with Gasteiger partial charge in [-0.15, -0.1) is 0 Å². The van der Waals surface area contributed by atoms with E-state index in [-0.39, 0.29) is 17.5 Å². The Hall–Kier alpha value is -1.42. The number of hydrogen-bond acceptors (Lipinski definition) is 4. The van der Waals surface area contributed by atoms with E-state index in [1.165, 1.54) is 12.1 Å². The van der Waals surface area contributed by atoms with Crippen LogP contribution in [0.1, 0.15) is 24.8 Å². The molecule has 1 aliphatic rings. The van der Waals surface area contributed by atoms with Crippen molar-refractivity contribution in [1.29, 1.82) is 5.26 Å². The Bertz CT molecular complexity index is 572. The second-order valence-electron chi connectivity index (χ2n) is 4.48. The van der Waals surface area contributed by atoms with Crippen LogP contribution >= 0.6 is 0 Å². The summed E-state index contributed by atoms with van der Waals surface area (Å²) in [5.74, 6) is 0. The molecule has 19 heavy (non-hydrogen) atoms. The number of nitrogens with zero attached hydrogens (tertiary/aromatic N) is 1. The third kappa shape index (κ3) is 3.77. The molecule has 1 fully saturated rings. The lowest BCUT2D eigenvalue weighted by atomic mass is 10.1. The first kappa shape index (κ1) is 14.0. The third-order valence-corrected chi connectivity index (χ3v) is 4.47. The molecule has 0 amide bonds. The van der Waals surface area contributed by atoms with Crippen molar-refractivity contribution >= 4 is 10.0 Å². The van der Waals surface area contributed by atoms with Gasteiger partial charge in [0.05, 0.1) is 22.6 Å². The second kappa shape index (κ2) is 6.15. The average Bonchev–Trinajstić information content (AvgIpc) is 2.46. The van der Waals surface area contributed by atoms with Gasteiger partial charge in [-0.2, -0.15) is 5.26 Å². The fourth-order valence-electron chi connectivity index (χ4n) is 1.99. The fourth-order valence-corrected chi connectivity index (χ4v) is 3.10. The van der Waals surface area contributed by atoms with Crippen LogP contribution < -0.4 is 4.72 Å². The van der Waals surface area contributed by atoms with Gasteiger partial charge in [0.25, 0.3) is 0 Å². The zero-order valence-corrected chi connectivity index (χ0v) is 11.3. The summed E-state index contributed by atoms with van der Waals surface area (Å²) in [6, 6.07) is 7.90. The van der Waals surface area contributed by atoms with E-state index in [9.17, 15) is 8.42 Å². The van der Waals surface area contributed by atoms with Crippen molar-refractivity contribution in [1.82, 2.24) is 4.72 Å². The van der Waals surface area contributed by atoms with Gasteiger partial charge in [-0.05, 0) is 37.5 Å². The molecule has 1 unspecified atom stereocenters. The Morgan fingerprint density at radius 3 is 2.95 bits per heavy atom. The van der Waals surface area contributed by atoms with Crippen LogP contribution in [0.25, 0.3) is 0 Å². The zero-order chi connectivity index (χ0) is 13.7. The summed E-state index contributed by atoms with van der Waals surface area (Å²) in [6.45, 7) is 0.968. The smallest absolute Gasteiger partial charge is 0.240 e. The maximum atomic E-state index is 12.1. The highest BCUT2D eigenvalue weighted by Crippen LogP contribution is 2.14. The van der Waals surface area contributed by atoms with Gasteiger partial charge in [-0.1, -0.05) is 6.07 Å². The summed E-state index contributed by atoms with van der Waals surface area (Å²) < 4.78 is 32.1. The number of rotatable bonds is 4. The van der Waals surface area contributed by atoms with E-state index in [4.69, 9.17) is 10.00 Å². The molecule has 1 aromatic carbocycles. The van der Waals surface area contributed by atoms with Crippen molar-refractivity contribution in [2.75, 3.05) is 13.2 Å².